The van der Waals surface area contributed by atoms with Crippen LogP contribution in [0.2, 0.25) is 0 Å². The van der Waals surface area contributed by atoms with E-state index in [4.69, 9.17) is 15.7 Å². The van der Waals surface area contributed by atoms with Gasteiger partial charge >= 0.3 is 0 Å². The van der Waals surface area contributed by atoms with Gasteiger partial charge in [-0.1, -0.05) is 6.92 Å². The average Bonchev–Trinajstić information content (AvgIpc) is 3.32. The summed E-state index contributed by atoms with van der Waals surface area (Å²) in [5.41, 5.74) is 8.61. The fourth-order valence-electron chi connectivity index (χ4n) is 4.41. The molecule has 2 atom stereocenters. The van der Waals surface area contributed by atoms with Gasteiger partial charge in [0.05, 0.1) is 22.7 Å². The van der Waals surface area contributed by atoms with Crippen LogP contribution in [-0.4, -0.2) is 57.3 Å². The molecule has 30 heavy (non-hydrogen) atoms. The molecular weight excluding hydrogens is 400 g/mol. The first-order valence-electron chi connectivity index (χ1n) is 10.6. The number of hydrogen-bond donors (Lipinski definition) is 1. The summed E-state index contributed by atoms with van der Waals surface area (Å²) in [5, 5.41) is 0.767. The van der Waals surface area contributed by atoms with Crippen molar-refractivity contribution in [2.45, 2.75) is 52.5 Å². The van der Waals surface area contributed by atoms with Gasteiger partial charge in [0.2, 0.25) is 17.8 Å². The Kier molecular flexibility index (Phi) is 5.73. The first-order valence-corrected chi connectivity index (χ1v) is 11.4. The van der Waals surface area contributed by atoms with Crippen molar-refractivity contribution in [3.05, 3.63) is 22.5 Å². The van der Waals surface area contributed by atoms with Crippen LogP contribution < -0.4 is 10.6 Å². The van der Waals surface area contributed by atoms with Crippen molar-refractivity contribution >= 4 is 29.1 Å². The number of nitrogens with zero attached hydrogens (tertiary/aromatic N) is 5. The van der Waals surface area contributed by atoms with E-state index in [1.165, 1.54) is 11.3 Å². The Morgan fingerprint density at radius 1 is 1.27 bits per heavy atom. The van der Waals surface area contributed by atoms with Crippen LogP contribution in [0, 0.1) is 5.92 Å². The molecule has 3 heterocycles. The highest BCUT2D eigenvalue weighted by Crippen LogP contribution is 2.37. The smallest absolute Gasteiger partial charge is 0.240 e. The lowest BCUT2D eigenvalue weighted by Crippen LogP contribution is -2.46. The molecule has 9 heteroatoms. The van der Waals surface area contributed by atoms with Crippen LogP contribution in [0.5, 0.6) is 0 Å². The Balaban J connectivity index is 1.58. The van der Waals surface area contributed by atoms with E-state index in [1.807, 2.05) is 13.1 Å². The second-order valence-electron chi connectivity index (χ2n) is 7.98. The summed E-state index contributed by atoms with van der Waals surface area (Å²) in [4.78, 5) is 43.6. The third-order valence-electron chi connectivity index (χ3n) is 6.10. The van der Waals surface area contributed by atoms with Crippen molar-refractivity contribution in [2.75, 3.05) is 24.5 Å². The van der Waals surface area contributed by atoms with Crippen LogP contribution in [0.25, 0.3) is 10.6 Å². The number of fused-ring (bicyclic) bond motifs is 3. The van der Waals surface area contributed by atoms with Gasteiger partial charge < -0.3 is 15.5 Å². The van der Waals surface area contributed by atoms with E-state index in [0.29, 0.717) is 6.54 Å². The van der Waals surface area contributed by atoms with Crippen LogP contribution in [0.3, 0.4) is 0 Å². The lowest BCUT2D eigenvalue weighted by molar-refractivity contribution is -0.137. The predicted octanol–water partition coefficient (Wildman–Crippen LogP) is 1.81. The SMILES string of the molecule is CCN(CC)c1ncc2c(n1)-c1sc(CC(=O)N3CC[C@@H](C)[C@H]3C(N)=O)nc1CC2. The second-order valence-corrected chi connectivity index (χ2v) is 9.06. The van der Waals surface area contributed by atoms with E-state index in [-0.39, 0.29) is 18.2 Å². The fourth-order valence-corrected chi connectivity index (χ4v) is 5.54. The second kappa shape index (κ2) is 8.29. The van der Waals surface area contributed by atoms with Gasteiger partial charge in [0.25, 0.3) is 0 Å². The summed E-state index contributed by atoms with van der Waals surface area (Å²) in [6.45, 7) is 8.41. The molecule has 4 rings (SSSR count). The monoisotopic (exact) mass is 428 g/mol. The van der Waals surface area contributed by atoms with Gasteiger partial charge in [0.1, 0.15) is 11.0 Å². The van der Waals surface area contributed by atoms with Crippen LogP contribution in [0.1, 0.15) is 43.5 Å². The molecule has 1 aliphatic carbocycles. The number of amides is 2. The number of aryl methyl sites for hydroxylation is 2. The number of likely N-dealkylation sites (tertiary alicyclic amines) is 1. The van der Waals surface area contributed by atoms with E-state index in [0.717, 1.165) is 65.1 Å². The molecule has 2 aromatic rings. The fraction of sp³-hybridized carbons (Fsp3) is 0.571. The molecule has 2 aromatic heterocycles. The molecule has 160 valence electrons. The molecule has 0 saturated carbocycles. The van der Waals surface area contributed by atoms with Crippen molar-refractivity contribution in [3.63, 3.8) is 0 Å². The van der Waals surface area contributed by atoms with Gasteiger partial charge in [-0.2, -0.15) is 0 Å². The molecule has 1 fully saturated rings. The first kappa shape index (κ1) is 20.7. The van der Waals surface area contributed by atoms with Crippen molar-refractivity contribution in [1.29, 1.82) is 0 Å². The van der Waals surface area contributed by atoms with E-state index >= 15 is 0 Å². The van der Waals surface area contributed by atoms with Gasteiger partial charge in [-0.25, -0.2) is 15.0 Å². The minimum absolute atomic E-state index is 0.0824. The highest BCUT2D eigenvalue weighted by molar-refractivity contribution is 7.15. The number of hydrogen-bond acceptors (Lipinski definition) is 7. The van der Waals surface area contributed by atoms with Crippen molar-refractivity contribution in [1.82, 2.24) is 19.9 Å². The molecule has 1 aliphatic heterocycles. The predicted molar refractivity (Wildman–Crippen MR) is 116 cm³/mol. The third kappa shape index (κ3) is 3.66. The maximum atomic E-state index is 12.9. The molecule has 0 bridgehead atoms. The molecule has 8 nitrogen and oxygen atoms in total. The first-order chi connectivity index (χ1) is 14.4. The normalized spacial score (nSPS) is 20.0. The van der Waals surface area contributed by atoms with Gasteiger partial charge in [0.15, 0.2) is 0 Å². The van der Waals surface area contributed by atoms with Gasteiger partial charge in [0, 0.05) is 25.8 Å². The summed E-state index contributed by atoms with van der Waals surface area (Å²) in [7, 11) is 0. The number of primary amides is 1. The number of carbonyl (C=O) groups is 2. The lowest BCUT2D eigenvalue weighted by atomic mass is 10.00. The molecule has 1 saturated heterocycles. The lowest BCUT2D eigenvalue weighted by Gasteiger charge is -2.23. The van der Waals surface area contributed by atoms with Crippen LogP contribution in [0.15, 0.2) is 6.20 Å². The quantitative estimate of drug-likeness (QED) is 0.752. The number of thiazole rings is 1. The van der Waals surface area contributed by atoms with E-state index in [2.05, 4.69) is 23.7 Å². The minimum atomic E-state index is -0.516. The van der Waals surface area contributed by atoms with E-state index in [9.17, 15) is 9.59 Å². The number of rotatable bonds is 6. The standard InChI is InChI=1S/C21H28N6O2S/c1-4-26(5-2)21-23-11-13-6-7-14-19(17(13)25-21)30-15(24-14)10-16(28)27-9-8-12(3)18(27)20(22)29/h11-12,18H,4-10H2,1-3H3,(H2,22,29)/t12-,18+/m1/s1. The molecule has 0 radical (unpaired) electrons. The number of nitrogens with two attached hydrogens (primary N) is 1. The number of carbonyl (C=O) groups excluding carboxylic acids is 2. The van der Waals surface area contributed by atoms with Gasteiger partial charge in [-0.15, -0.1) is 11.3 Å². The molecule has 2 amide bonds. The summed E-state index contributed by atoms with van der Waals surface area (Å²) >= 11 is 1.53. The maximum Gasteiger partial charge on any atom is 0.240 e. The highest BCUT2D eigenvalue weighted by Gasteiger charge is 2.38. The zero-order valence-electron chi connectivity index (χ0n) is 17.7. The Hall–Kier alpha value is -2.55. The van der Waals surface area contributed by atoms with Crippen LogP contribution in [0.4, 0.5) is 5.95 Å². The molecular formula is C21H28N6O2S. The Labute approximate surface area is 180 Å². The summed E-state index contributed by atoms with van der Waals surface area (Å²) in [6.07, 6.45) is 4.59. The zero-order chi connectivity index (χ0) is 21.4. The molecule has 0 aromatic carbocycles. The molecule has 0 spiro atoms. The Bertz CT molecular complexity index is 970. The highest BCUT2D eigenvalue weighted by atomic mass is 32.1. The van der Waals surface area contributed by atoms with Gasteiger partial charge in [-0.3, -0.25) is 9.59 Å². The Morgan fingerprint density at radius 2 is 2.03 bits per heavy atom. The minimum Gasteiger partial charge on any atom is -0.368 e. The van der Waals surface area contributed by atoms with E-state index in [1.54, 1.807) is 4.90 Å². The summed E-state index contributed by atoms with van der Waals surface area (Å²) in [5.74, 6) is 0.313. The van der Waals surface area contributed by atoms with Crippen molar-refractivity contribution in [2.24, 2.45) is 11.7 Å². The largest absolute Gasteiger partial charge is 0.368 e. The maximum absolute atomic E-state index is 12.9. The molecule has 2 aliphatic rings. The average molecular weight is 429 g/mol. The van der Waals surface area contributed by atoms with Crippen molar-refractivity contribution in [3.8, 4) is 10.6 Å². The van der Waals surface area contributed by atoms with E-state index < -0.39 is 11.9 Å². The van der Waals surface area contributed by atoms with Gasteiger partial charge in [-0.05, 0) is 44.6 Å². The summed E-state index contributed by atoms with van der Waals surface area (Å²) in [6, 6.07) is -0.516. The van der Waals surface area contributed by atoms with Crippen molar-refractivity contribution < 1.29 is 9.59 Å². The third-order valence-corrected chi connectivity index (χ3v) is 7.20. The Morgan fingerprint density at radius 3 is 2.73 bits per heavy atom. The zero-order valence-corrected chi connectivity index (χ0v) is 18.5. The topological polar surface area (TPSA) is 105 Å². The summed E-state index contributed by atoms with van der Waals surface area (Å²) < 4.78 is 0. The number of anilines is 1. The molecule has 2 N–H and O–H groups in total. The van der Waals surface area contributed by atoms with Crippen LogP contribution in [-0.2, 0) is 28.9 Å². The van der Waals surface area contributed by atoms with Crippen LogP contribution >= 0.6 is 11.3 Å². The number of aromatic nitrogens is 3. The molecule has 0 unspecified atom stereocenters.